The van der Waals surface area contributed by atoms with Gasteiger partial charge in [-0.05, 0) is 6.42 Å². The molecule has 1 rings (SSSR count). The van der Waals surface area contributed by atoms with Crippen LogP contribution in [0.5, 0.6) is 0 Å². The first-order chi connectivity index (χ1) is 6.43. The Bertz CT molecular complexity index is 139. The van der Waals surface area contributed by atoms with Crippen molar-refractivity contribution in [2.75, 3.05) is 32.8 Å². The molecule has 1 fully saturated rings. The van der Waals surface area contributed by atoms with E-state index in [1.807, 2.05) is 0 Å². The van der Waals surface area contributed by atoms with Crippen LogP contribution in [-0.2, 0) is 4.74 Å². The third-order valence-corrected chi connectivity index (χ3v) is 2.36. The molecule has 0 aromatic carbocycles. The summed E-state index contributed by atoms with van der Waals surface area (Å²) >= 11 is 0. The molecule has 0 radical (unpaired) electrons. The van der Waals surface area contributed by atoms with Crippen LogP contribution in [-0.4, -0.2) is 37.7 Å². The largest absolute Gasteiger partial charge is 0.379 e. The van der Waals surface area contributed by atoms with Crippen molar-refractivity contribution in [3.63, 3.8) is 0 Å². The standard InChI is InChI=1S/C11H21NO/c1-2-3-4-5-6-7-12-8-10-13-11-9-12/h5-6H,2-4,7-11H2,1H3/b6-5+. The van der Waals surface area contributed by atoms with E-state index in [1.54, 1.807) is 0 Å². The molecule has 1 aliphatic heterocycles. The fourth-order valence-electron chi connectivity index (χ4n) is 1.45. The summed E-state index contributed by atoms with van der Waals surface area (Å²) in [6, 6.07) is 0. The van der Waals surface area contributed by atoms with Crippen molar-refractivity contribution >= 4 is 0 Å². The van der Waals surface area contributed by atoms with Crippen molar-refractivity contribution in [2.45, 2.75) is 26.2 Å². The number of rotatable bonds is 5. The van der Waals surface area contributed by atoms with E-state index in [2.05, 4.69) is 24.0 Å². The predicted octanol–water partition coefficient (Wildman–Crippen LogP) is 2.06. The summed E-state index contributed by atoms with van der Waals surface area (Å²) in [6.07, 6.45) is 8.45. The van der Waals surface area contributed by atoms with Crippen molar-refractivity contribution < 1.29 is 4.74 Å². The van der Waals surface area contributed by atoms with Crippen molar-refractivity contribution in [3.8, 4) is 0 Å². The lowest BCUT2D eigenvalue weighted by molar-refractivity contribution is 0.0434. The Morgan fingerprint density at radius 1 is 1.23 bits per heavy atom. The van der Waals surface area contributed by atoms with Gasteiger partial charge in [0, 0.05) is 19.6 Å². The zero-order valence-electron chi connectivity index (χ0n) is 8.67. The number of nitrogens with zero attached hydrogens (tertiary/aromatic N) is 1. The van der Waals surface area contributed by atoms with Crippen LogP contribution in [0.3, 0.4) is 0 Å². The summed E-state index contributed by atoms with van der Waals surface area (Å²) in [5.41, 5.74) is 0. The van der Waals surface area contributed by atoms with Gasteiger partial charge in [0.25, 0.3) is 0 Å². The van der Waals surface area contributed by atoms with Gasteiger partial charge in [0.15, 0.2) is 0 Å². The first kappa shape index (κ1) is 10.7. The first-order valence-electron chi connectivity index (χ1n) is 5.38. The van der Waals surface area contributed by atoms with Gasteiger partial charge in [-0.15, -0.1) is 0 Å². The van der Waals surface area contributed by atoms with Gasteiger partial charge in [-0.3, -0.25) is 4.90 Å². The van der Waals surface area contributed by atoms with Crippen LogP contribution in [0.4, 0.5) is 0 Å². The SMILES string of the molecule is CCCC/C=C/CN1CCOCC1. The maximum atomic E-state index is 5.28. The Hall–Kier alpha value is -0.340. The highest BCUT2D eigenvalue weighted by molar-refractivity contribution is 4.85. The number of unbranched alkanes of at least 4 members (excludes halogenated alkanes) is 2. The summed E-state index contributed by atoms with van der Waals surface area (Å²) < 4.78 is 5.28. The minimum absolute atomic E-state index is 0.906. The maximum absolute atomic E-state index is 5.28. The Morgan fingerprint density at radius 3 is 2.69 bits per heavy atom. The molecule has 0 aliphatic carbocycles. The van der Waals surface area contributed by atoms with Crippen LogP contribution in [0.15, 0.2) is 12.2 Å². The lowest BCUT2D eigenvalue weighted by Crippen LogP contribution is -2.36. The van der Waals surface area contributed by atoms with Gasteiger partial charge in [0.05, 0.1) is 13.2 Å². The number of hydrogen-bond donors (Lipinski definition) is 0. The van der Waals surface area contributed by atoms with E-state index in [-0.39, 0.29) is 0 Å². The molecule has 2 heteroatoms. The lowest BCUT2D eigenvalue weighted by atomic mass is 10.2. The van der Waals surface area contributed by atoms with E-state index < -0.39 is 0 Å². The van der Waals surface area contributed by atoms with Gasteiger partial charge >= 0.3 is 0 Å². The van der Waals surface area contributed by atoms with Gasteiger partial charge in [-0.1, -0.05) is 31.9 Å². The second kappa shape index (κ2) is 7.10. The number of allylic oxidation sites excluding steroid dienone is 1. The molecule has 0 spiro atoms. The molecule has 0 aromatic rings. The second-order valence-corrected chi connectivity index (χ2v) is 3.53. The third-order valence-electron chi connectivity index (χ3n) is 2.36. The summed E-state index contributed by atoms with van der Waals surface area (Å²) in [5, 5.41) is 0. The monoisotopic (exact) mass is 183 g/mol. The molecule has 0 saturated carbocycles. The number of ether oxygens (including phenoxy) is 1. The van der Waals surface area contributed by atoms with Gasteiger partial charge in [-0.2, -0.15) is 0 Å². The minimum Gasteiger partial charge on any atom is -0.379 e. The average molecular weight is 183 g/mol. The Morgan fingerprint density at radius 2 is 2.00 bits per heavy atom. The molecule has 1 aliphatic rings. The van der Waals surface area contributed by atoms with E-state index in [9.17, 15) is 0 Å². The van der Waals surface area contributed by atoms with Crippen molar-refractivity contribution in [3.05, 3.63) is 12.2 Å². The smallest absolute Gasteiger partial charge is 0.0594 e. The highest BCUT2D eigenvalue weighted by Crippen LogP contribution is 1.98. The summed E-state index contributed by atoms with van der Waals surface area (Å²) in [4.78, 5) is 2.44. The molecular formula is C11H21NO. The van der Waals surface area contributed by atoms with Gasteiger partial charge in [0.2, 0.25) is 0 Å². The zero-order valence-corrected chi connectivity index (χ0v) is 8.67. The Kier molecular flexibility index (Phi) is 5.87. The molecule has 0 amide bonds. The van der Waals surface area contributed by atoms with Crippen LogP contribution in [0.25, 0.3) is 0 Å². The highest BCUT2D eigenvalue weighted by Gasteiger charge is 2.07. The molecular weight excluding hydrogens is 162 g/mol. The lowest BCUT2D eigenvalue weighted by Gasteiger charge is -2.25. The normalized spacial score (nSPS) is 19.8. The first-order valence-corrected chi connectivity index (χ1v) is 5.38. The van der Waals surface area contributed by atoms with Gasteiger partial charge in [0.1, 0.15) is 0 Å². The van der Waals surface area contributed by atoms with Crippen LogP contribution < -0.4 is 0 Å². The minimum atomic E-state index is 0.906. The fourth-order valence-corrected chi connectivity index (χ4v) is 1.45. The molecule has 2 nitrogen and oxygen atoms in total. The van der Waals surface area contributed by atoms with Crippen LogP contribution in [0.2, 0.25) is 0 Å². The molecule has 0 bridgehead atoms. The molecule has 0 aromatic heterocycles. The second-order valence-electron chi connectivity index (χ2n) is 3.53. The van der Waals surface area contributed by atoms with Crippen LogP contribution in [0.1, 0.15) is 26.2 Å². The fraction of sp³-hybridized carbons (Fsp3) is 0.818. The van der Waals surface area contributed by atoms with Crippen LogP contribution in [0, 0.1) is 0 Å². The average Bonchev–Trinajstić information content (AvgIpc) is 2.19. The zero-order chi connectivity index (χ0) is 9.36. The molecule has 1 heterocycles. The third kappa shape index (κ3) is 5.06. The molecule has 1 saturated heterocycles. The van der Waals surface area contributed by atoms with Gasteiger partial charge in [-0.25, -0.2) is 0 Å². The summed E-state index contributed by atoms with van der Waals surface area (Å²) in [7, 11) is 0. The summed E-state index contributed by atoms with van der Waals surface area (Å²) in [5.74, 6) is 0. The Labute approximate surface area is 81.6 Å². The van der Waals surface area contributed by atoms with E-state index in [0.29, 0.717) is 0 Å². The molecule has 76 valence electrons. The highest BCUT2D eigenvalue weighted by atomic mass is 16.5. The molecule has 0 unspecified atom stereocenters. The van der Waals surface area contributed by atoms with Crippen LogP contribution >= 0.6 is 0 Å². The maximum Gasteiger partial charge on any atom is 0.0594 e. The number of hydrogen-bond acceptors (Lipinski definition) is 2. The van der Waals surface area contributed by atoms with Crippen molar-refractivity contribution in [2.24, 2.45) is 0 Å². The Balaban J connectivity index is 2.00. The van der Waals surface area contributed by atoms with E-state index >= 15 is 0 Å². The van der Waals surface area contributed by atoms with Gasteiger partial charge < -0.3 is 4.74 Å². The van der Waals surface area contributed by atoms with E-state index in [0.717, 1.165) is 32.8 Å². The molecule has 0 N–H and O–H groups in total. The topological polar surface area (TPSA) is 12.5 Å². The summed E-state index contributed by atoms with van der Waals surface area (Å²) in [6.45, 7) is 7.34. The van der Waals surface area contributed by atoms with Crippen molar-refractivity contribution in [1.29, 1.82) is 0 Å². The van der Waals surface area contributed by atoms with E-state index in [4.69, 9.17) is 4.74 Å². The quantitative estimate of drug-likeness (QED) is 0.478. The van der Waals surface area contributed by atoms with Crippen molar-refractivity contribution in [1.82, 2.24) is 4.90 Å². The van der Waals surface area contributed by atoms with E-state index in [1.165, 1.54) is 19.3 Å². The molecule has 13 heavy (non-hydrogen) atoms. The molecule has 0 atom stereocenters. The predicted molar refractivity (Wildman–Crippen MR) is 55.9 cm³/mol. The number of morpholine rings is 1.